The van der Waals surface area contributed by atoms with Crippen LogP contribution in [0.15, 0.2) is 17.0 Å². The van der Waals surface area contributed by atoms with Gasteiger partial charge in [0, 0.05) is 24.7 Å². The summed E-state index contributed by atoms with van der Waals surface area (Å²) in [6.07, 6.45) is 1.79. The van der Waals surface area contributed by atoms with Gasteiger partial charge in [0.15, 0.2) is 0 Å². The lowest BCUT2D eigenvalue weighted by Crippen LogP contribution is -2.42. The normalized spacial score (nSPS) is 18.9. The number of nitro benzene ring substituents is 1. The van der Waals surface area contributed by atoms with Gasteiger partial charge in [-0.2, -0.15) is 4.31 Å². The van der Waals surface area contributed by atoms with Crippen LogP contribution in [0.5, 0.6) is 0 Å². The van der Waals surface area contributed by atoms with Gasteiger partial charge in [-0.25, -0.2) is 8.42 Å². The first-order valence-corrected chi connectivity index (χ1v) is 9.11. The van der Waals surface area contributed by atoms with Gasteiger partial charge >= 0.3 is 0 Å². The second kappa shape index (κ2) is 8.24. The van der Waals surface area contributed by atoms with Crippen molar-refractivity contribution in [3.8, 4) is 0 Å². The fourth-order valence-electron chi connectivity index (χ4n) is 3.14. The van der Waals surface area contributed by atoms with Crippen LogP contribution in [0.3, 0.4) is 0 Å². The maximum absolute atomic E-state index is 12.9. The van der Waals surface area contributed by atoms with Crippen molar-refractivity contribution in [2.75, 3.05) is 26.7 Å². The van der Waals surface area contributed by atoms with Gasteiger partial charge < -0.3 is 5.32 Å². The highest BCUT2D eigenvalue weighted by atomic mass is 35.5. The molecule has 0 radical (unpaired) electrons. The van der Waals surface area contributed by atoms with Crippen molar-refractivity contribution >= 4 is 28.1 Å². The van der Waals surface area contributed by atoms with Gasteiger partial charge in [-0.3, -0.25) is 10.1 Å². The molecule has 1 fully saturated rings. The molecular weight excluding hydrogens is 354 g/mol. The van der Waals surface area contributed by atoms with Crippen molar-refractivity contribution in [3.05, 3.63) is 33.4 Å². The highest BCUT2D eigenvalue weighted by Gasteiger charge is 2.32. The number of nitrogens with one attached hydrogen (secondary N) is 1. The summed E-state index contributed by atoms with van der Waals surface area (Å²) in [6.45, 7) is 4.97. The van der Waals surface area contributed by atoms with Gasteiger partial charge in [-0.15, -0.1) is 12.4 Å². The van der Waals surface area contributed by atoms with E-state index in [1.807, 2.05) is 7.05 Å². The third-order valence-corrected chi connectivity index (χ3v) is 6.29. The van der Waals surface area contributed by atoms with Gasteiger partial charge in [0.2, 0.25) is 10.0 Å². The van der Waals surface area contributed by atoms with E-state index < -0.39 is 14.9 Å². The molecule has 1 atom stereocenters. The number of piperidine rings is 1. The van der Waals surface area contributed by atoms with E-state index in [1.54, 1.807) is 19.9 Å². The van der Waals surface area contributed by atoms with Gasteiger partial charge in [0.1, 0.15) is 0 Å². The van der Waals surface area contributed by atoms with Gasteiger partial charge in [-0.05, 0) is 57.8 Å². The Kier molecular flexibility index (Phi) is 7.15. The average Bonchev–Trinajstić information content (AvgIpc) is 2.47. The van der Waals surface area contributed by atoms with Crippen molar-refractivity contribution in [1.29, 1.82) is 0 Å². The lowest BCUT2D eigenvalue weighted by molar-refractivity contribution is -0.385. The number of nitrogens with zero attached hydrogens (tertiary/aromatic N) is 2. The standard InChI is InChI=1S/C15H23N3O4S.ClH/c1-11-7-12(2)15(8-14(11)18(19)20)23(21,22)17-6-4-5-13(10-17)9-16-3;/h7-8,13,16H,4-6,9-10H2,1-3H3;1H. The fourth-order valence-corrected chi connectivity index (χ4v) is 4.92. The first-order valence-electron chi connectivity index (χ1n) is 7.67. The van der Waals surface area contributed by atoms with E-state index in [4.69, 9.17) is 0 Å². The van der Waals surface area contributed by atoms with Crippen molar-refractivity contribution in [2.24, 2.45) is 5.92 Å². The molecule has 1 aliphatic heterocycles. The largest absolute Gasteiger partial charge is 0.319 e. The fraction of sp³-hybridized carbons (Fsp3) is 0.600. The van der Waals surface area contributed by atoms with Crippen LogP contribution in [0.1, 0.15) is 24.0 Å². The Morgan fingerprint density at radius 2 is 2.00 bits per heavy atom. The summed E-state index contributed by atoms with van der Waals surface area (Å²) in [7, 11) is -1.87. The van der Waals surface area contributed by atoms with E-state index in [2.05, 4.69) is 5.32 Å². The number of hydrogen-bond donors (Lipinski definition) is 1. The van der Waals surface area contributed by atoms with Crippen LogP contribution in [0, 0.1) is 29.9 Å². The average molecular weight is 378 g/mol. The number of halogens is 1. The van der Waals surface area contributed by atoms with Gasteiger partial charge in [-0.1, -0.05) is 0 Å². The second-order valence-corrected chi connectivity index (χ2v) is 8.00. The molecule has 1 saturated heterocycles. The maximum atomic E-state index is 12.9. The van der Waals surface area contributed by atoms with E-state index in [9.17, 15) is 18.5 Å². The van der Waals surface area contributed by atoms with E-state index in [0.29, 0.717) is 24.2 Å². The van der Waals surface area contributed by atoms with Crippen LogP contribution < -0.4 is 5.32 Å². The summed E-state index contributed by atoms with van der Waals surface area (Å²) in [5.41, 5.74) is 0.861. The smallest absolute Gasteiger partial charge is 0.273 e. The number of hydrogen-bond acceptors (Lipinski definition) is 5. The van der Waals surface area contributed by atoms with Crippen LogP contribution in [-0.2, 0) is 10.0 Å². The molecule has 0 bridgehead atoms. The SMILES string of the molecule is CNCC1CCCN(S(=O)(=O)c2cc([N+](=O)[O-])c(C)cc2C)C1.Cl. The number of sulfonamides is 1. The first-order chi connectivity index (χ1) is 10.8. The quantitative estimate of drug-likeness (QED) is 0.627. The molecule has 1 unspecified atom stereocenters. The summed E-state index contributed by atoms with van der Waals surface area (Å²) in [4.78, 5) is 10.6. The molecule has 1 aliphatic rings. The van der Waals surface area contributed by atoms with Crippen molar-refractivity contribution < 1.29 is 13.3 Å². The molecule has 1 aromatic carbocycles. The van der Waals surface area contributed by atoms with Crippen LogP contribution in [0.4, 0.5) is 5.69 Å². The zero-order chi connectivity index (χ0) is 17.2. The Morgan fingerprint density at radius 1 is 1.33 bits per heavy atom. The molecule has 1 heterocycles. The molecule has 0 aromatic heterocycles. The summed E-state index contributed by atoms with van der Waals surface area (Å²) < 4.78 is 27.3. The Hall–Kier alpha value is -1.22. The molecule has 0 saturated carbocycles. The minimum absolute atomic E-state index is 0. The molecule has 24 heavy (non-hydrogen) atoms. The summed E-state index contributed by atoms with van der Waals surface area (Å²) in [5.74, 6) is 0.268. The van der Waals surface area contributed by atoms with Crippen LogP contribution in [0.2, 0.25) is 0 Å². The molecular formula is C15H24ClN3O4S. The first kappa shape index (κ1) is 20.8. The molecule has 1 N–H and O–H groups in total. The van der Waals surface area contributed by atoms with Crippen LogP contribution in [0.25, 0.3) is 0 Å². The Morgan fingerprint density at radius 3 is 2.58 bits per heavy atom. The van der Waals surface area contributed by atoms with Crippen LogP contribution >= 0.6 is 12.4 Å². The minimum atomic E-state index is -3.72. The van der Waals surface area contributed by atoms with E-state index in [0.717, 1.165) is 19.4 Å². The Labute approximate surface area is 149 Å². The monoisotopic (exact) mass is 377 g/mol. The van der Waals surface area contributed by atoms with E-state index in [1.165, 1.54) is 10.4 Å². The summed E-state index contributed by atoms with van der Waals surface area (Å²) in [6, 6.07) is 2.77. The molecule has 0 amide bonds. The zero-order valence-corrected chi connectivity index (χ0v) is 15.7. The van der Waals surface area contributed by atoms with E-state index >= 15 is 0 Å². The number of benzene rings is 1. The van der Waals surface area contributed by atoms with Crippen molar-refractivity contribution in [3.63, 3.8) is 0 Å². The predicted octanol–water partition coefficient (Wildman–Crippen LogP) is 2.25. The van der Waals surface area contributed by atoms with E-state index in [-0.39, 0.29) is 28.9 Å². The van der Waals surface area contributed by atoms with Crippen LogP contribution in [-0.4, -0.2) is 44.3 Å². The molecule has 0 aliphatic carbocycles. The topological polar surface area (TPSA) is 92.6 Å². The number of rotatable bonds is 5. The third kappa shape index (κ3) is 4.24. The molecule has 9 heteroatoms. The molecule has 7 nitrogen and oxygen atoms in total. The Bertz CT molecular complexity index is 707. The molecule has 2 rings (SSSR count). The maximum Gasteiger partial charge on any atom is 0.273 e. The predicted molar refractivity (Wildman–Crippen MR) is 95.2 cm³/mol. The lowest BCUT2D eigenvalue weighted by atomic mass is 10.00. The molecule has 136 valence electrons. The lowest BCUT2D eigenvalue weighted by Gasteiger charge is -2.32. The number of aryl methyl sites for hydroxylation is 2. The zero-order valence-electron chi connectivity index (χ0n) is 14.1. The summed E-state index contributed by atoms with van der Waals surface area (Å²) in [5, 5.41) is 14.2. The highest BCUT2D eigenvalue weighted by Crippen LogP contribution is 2.30. The molecule has 1 aromatic rings. The van der Waals surface area contributed by atoms with Gasteiger partial charge in [0.25, 0.3) is 5.69 Å². The number of nitro groups is 1. The minimum Gasteiger partial charge on any atom is -0.319 e. The molecule has 0 spiro atoms. The van der Waals surface area contributed by atoms with Gasteiger partial charge in [0.05, 0.1) is 9.82 Å². The summed E-state index contributed by atoms with van der Waals surface area (Å²) >= 11 is 0. The van der Waals surface area contributed by atoms with Crippen molar-refractivity contribution in [1.82, 2.24) is 9.62 Å². The highest BCUT2D eigenvalue weighted by molar-refractivity contribution is 7.89. The second-order valence-electron chi connectivity index (χ2n) is 6.09. The third-order valence-electron chi connectivity index (χ3n) is 4.28. The van der Waals surface area contributed by atoms with Crippen molar-refractivity contribution in [2.45, 2.75) is 31.6 Å². The Balaban J connectivity index is 0.00000288.